The van der Waals surface area contributed by atoms with E-state index in [0.717, 1.165) is 37.7 Å². The highest BCUT2D eigenvalue weighted by Crippen LogP contribution is 2.15. The average Bonchev–Trinajstić information content (AvgIpc) is 2.63. The molecule has 3 N–H and O–H groups in total. The summed E-state index contributed by atoms with van der Waals surface area (Å²) in [5.74, 6) is 0.696. The van der Waals surface area contributed by atoms with Crippen LogP contribution in [0, 0.1) is 0 Å². The molecule has 0 radical (unpaired) electrons. The molecule has 1 aliphatic heterocycles. The van der Waals surface area contributed by atoms with Crippen molar-refractivity contribution in [2.45, 2.75) is 0 Å². The minimum absolute atomic E-state index is 0.201. The summed E-state index contributed by atoms with van der Waals surface area (Å²) in [7, 11) is 0. The number of carbonyl (C=O) groups is 1. The van der Waals surface area contributed by atoms with Crippen molar-refractivity contribution in [3.63, 3.8) is 0 Å². The lowest BCUT2D eigenvalue weighted by Crippen LogP contribution is -2.36. The summed E-state index contributed by atoms with van der Waals surface area (Å²) in [5.41, 5.74) is 7.91. The minimum Gasteiger partial charge on any atom is -0.399 e. The van der Waals surface area contributed by atoms with Gasteiger partial charge in [0.05, 0.1) is 25.1 Å². The summed E-state index contributed by atoms with van der Waals surface area (Å²) >= 11 is 0. The van der Waals surface area contributed by atoms with Crippen LogP contribution in [0.4, 0.5) is 17.2 Å². The number of rotatable bonds is 4. The second-order valence-corrected chi connectivity index (χ2v) is 5.49. The van der Waals surface area contributed by atoms with Crippen molar-refractivity contribution in [1.82, 2.24) is 4.98 Å². The third kappa shape index (κ3) is 4.33. The summed E-state index contributed by atoms with van der Waals surface area (Å²) < 4.78 is 5.33. The van der Waals surface area contributed by atoms with Crippen LogP contribution >= 0.6 is 0 Å². The summed E-state index contributed by atoms with van der Waals surface area (Å²) in [4.78, 5) is 18.5. The Morgan fingerprint density at radius 2 is 1.92 bits per heavy atom. The third-order valence-corrected chi connectivity index (χ3v) is 3.71. The van der Waals surface area contributed by atoms with Gasteiger partial charge >= 0.3 is 0 Å². The Labute approximate surface area is 140 Å². The van der Waals surface area contributed by atoms with Crippen LogP contribution in [0.2, 0.25) is 0 Å². The van der Waals surface area contributed by atoms with Crippen LogP contribution in [0.3, 0.4) is 0 Å². The van der Waals surface area contributed by atoms with Gasteiger partial charge in [-0.1, -0.05) is 12.1 Å². The van der Waals surface area contributed by atoms with Gasteiger partial charge in [0, 0.05) is 24.9 Å². The summed E-state index contributed by atoms with van der Waals surface area (Å²) in [5, 5.41) is 2.80. The first kappa shape index (κ1) is 16.0. The molecule has 0 bridgehead atoms. The number of nitrogen functional groups attached to an aromatic ring is 1. The largest absolute Gasteiger partial charge is 0.399 e. The number of nitrogens with two attached hydrogens (primary N) is 1. The van der Waals surface area contributed by atoms with E-state index in [1.54, 1.807) is 24.4 Å². The molecule has 1 amide bonds. The number of benzene rings is 1. The van der Waals surface area contributed by atoms with Gasteiger partial charge in [-0.3, -0.25) is 4.79 Å². The van der Waals surface area contributed by atoms with Crippen LogP contribution in [0.5, 0.6) is 0 Å². The highest BCUT2D eigenvalue weighted by molar-refractivity contribution is 6.01. The molecule has 1 aromatic carbocycles. The molecule has 0 unspecified atom stereocenters. The Kier molecular flexibility index (Phi) is 5.08. The van der Waals surface area contributed by atoms with Crippen LogP contribution in [-0.2, 0) is 9.53 Å². The zero-order valence-corrected chi connectivity index (χ0v) is 13.3. The zero-order valence-electron chi connectivity index (χ0n) is 13.3. The summed E-state index contributed by atoms with van der Waals surface area (Å²) in [6, 6.07) is 11.1. The number of nitrogens with zero attached hydrogens (tertiary/aromatic N) is 2. The van der Waals surface area contributed by atoms with Crippen molar-refractivity contribution < 1.29 is 9.53 Å². The van der Waals surface area contributed by atoms with Crippen LogP contribution in [-0.4, -0.2) is 37.2 Å². The van der Waals surface area contributed by atoms with Gasteiger partial charge in [0.1, 0.15) is 5.82 Å². The van der Waals surface area contributed by atoms with Crippen molar-refractivity contribution in [3.8, 4) is 0 Å². The van der Waals surface area contributed by atoms with E-state index in [9.17, 15) is 4.79 Å². The van der Waals surface area contributed by atoms with Crippen LogP contribution in [0.15, 0.2) is 48.7 Å². The third-order valence-electron chi connectivity index (χ3n) is 3.71. The predicted molar refractivity (Wildman–Crippen MR) is 95.8 cm³/mol. The van der Waals surface area contributed by atoms with Gasteiger partial charge in [0.25, 0.3) is 0 Å². The second kappa shape index (κ2) is 7.61. The van der Waals surface area contributed by atoms with Gasteiger partial charge in [-0.2, -0.15) is 0 Å². The Bertz CT molecular complexity index is 705. The van der Waals surface area contributed by atoms with E-state index >= 15 is 0 Å². The Morgan fingerprint density at radius 3 is 2.58 bits per heavy atom. The van der Waals surface area contributed by atoms with Crippen LogP contribution < -0.4 is 16.0 Å². The standard InChI is InChI=1S/C18H20N4O2/c19-15-4-1-14(2-5-15)3-8-18(23)21-16-6-7-17(20-13-16)22-9-11-24-12-10-22/h1-8,13H,9-12,19H2,(H,21,23)/b8-3+. The van der Waals surface area contributed by atoms with Crippen molar-refractivity contribution in [2.75, 3.05) is 42.3 Å². The van der Waals surface area contributed by atoms with Gasteiger partial charge in [-0.15, -0.1) is 0 Å². The van der Waals surface area contributed by atoms with E-state index in [0.29, 0.717) is 11.4 Å². The monoisotopic (exact) mass is 324 g/mol. The molecule has 124 valence electrons. The van der Waals surface area contributed by atoms with Crippen LogP contribution in [0.1, 0.15) is 5.56 Å². The van der Waals surface area contributed by atoms with Crippen molar-refractivity contribution in [2.24, 2.45) is 0 Å². The number of carbonyl (C=O) groups excluding carboxylic acids is 1. The maximum Gasteiger partial charge on any atom is 0.248 e. The van der Waals surface area contributed by atoms with E-state index in [2.05, 4.69) is 15.2 Å². The number of aromatic nitrogens is 1. The highest BCUT2D eigenvalue weighted by Gasteiger charge is 2.12. The molecular weight excluding hydrogens is 304 g/mol. The average molecular weight is 324 g/mol. The van der Waals surface area contributed by atoms with Crippen molar-refractivity contribution in [1.29, 1.82) is 0 Å². The molecule has 1 fully saturated rings. The van der Waals surface area contributed by atoms with E-state index in [4.69, 9.17) is 10.5 Å². The number of hydrogen-bond donors (Lipinski definition) is 2. The molecule has 3 rings (SSSR count). The lowest BCUT2D eigenvalue weighted by Gasteiger charge is -2.27. The number of nitrogens with one attached hydrogen (secondary N) is 1. The number of hydrogen-bond acceptors (Lipinski definition) is 5. The molecule has 6 heteroatoms. The fourth-order valence-electron chi connectivity index (χ4n) is 2.40. The molecule has 2 heterocycles. The number of pyridine rings is 1. The molecule has 0 spiro atoms. The van der Waals surface area contributed by atoms with Gasteiger partial charge in [0.2, 0.25) is 5.91 Å². The van der Waals surface area contributed by atoms with Gasteiger partial charge in [-0.25, -0.2) is 4.98 Å². The molecule has 2 aromatic rings. The Balaban J connectivity index is 1.57. The molecule has 24 heavy (non-hydrogen) atoms. The molecule has 6 nitrogen and oxygen atoms in total. The molecule has 1 aromatic heterocycles. The SMILES string of the molecule is Nc1ccc(/C=C/C(=O)Nc2ccc(N3CCOCC3)nc2)cc1. The lowest BCUT2D eigenvalue weighted by atomic mass is 10.2. The van der Waals surface area contributed by atoms with E-state index < -0.39 is 0 Å². The number of ether oxygens (including phenoxy) is 1. The fraction of sp³-hybridized carbons (Fsp3) is 0.222. The van der Waals surface area contributed by atoms with Gasteiger partial charge < -0.3 is 20.7 Å². The molecule has 1 saturated heterocycles. The van der Waals surface area contributed by atoms with E-state index in [1.165, 1.54) is 6.08 Å². The maximum absolute atomic E-state index is 12.0. The van der Waals surface area contributed by atoms with Crippen molar-refractivity contribution >= 4 is 29.2 Å². The molecule has 1 aliphatic rings. The zero-order chi connectivity index (χ0) is 16.8. The number of anilines is 3. The molecular formula is C18H20N4O2. The predicted octanol–water partition coefficient (Wildman–Crippen LogP) is 2.15. The van der Waals surface area contributed by atoms with Crippen molar-refractivity contribution in [3.05, 3.63) is 54.2 Å². The van der Waals surface area contributed by atoms with Gasteiger partial charge in [-0.05, 0) is 35.9 Å². The van der Waals surface area contributed by atoms with Crippen LogP contribution in [0.25, 0.3) is 6.08 Å². The number of amides is 1. The maximum atomic E-state index is 12.0. The smallest absolute Gasteiger partial charge is 0.248 e. The first-order valence-corrected chi connectivity index (χ1v) is 7.84. The lowest BCUT2D eigenvalue weighted by molar-refractivity contribution is -0.111. The summed E-state index contributed by atoms with van der Waals surface area (Å²) in [6.45, 7) is 3.11. The second-order valence-electron chi connectivity index (χ2n) is 5.49. The van der Waals surface area contributed by atoms with Gasteiger partial charge in [0.15, 0.2) is 0 Å². The highest BCUT2D eigenvalue weighted by atomic mass is 16.5. The minimum atomic E-state index is -0.201. The summed E-state index contributed by atoms with van der Waals surface area (Å²) in [6.07, 6.45) is 4.89. The first-order chi connectivity index (χ1) is 11.7. The van der Waals surface area contributed by atoms with E-state index in [-0.39, 0.29) is 5.91 Å². The topological polar surface area (TPSA) is 80.5 Å². The molecule has 0 saturated carbocycles. The Morgan fingerprint density at radius 1 is 1.17 bits per heavy atom. The molecule has 0 aliphatic carbocycles. The normalized spacial score (nSPS) is 14.8. The number of morpholine rings is 1. The first-order valence-electron chi connectivity index (χ1n) is 7.84. The fourth-order valence-corrected chi connectivity index (χ4v) is 2.40. The Hall–Kier alpha value is -2.86. The quantitative estimate of drug-likeness (QED) is 0.665. The van der Waals surface area contributed by atoms with E-state index in [1.807, 2.05) is 24.3 Å². The molecule has 0 atom stereocenters.